The summed E-state index contributed by atoms with van der Waals surface area (Å²) in [6, 6.07) is 7.42. The van der Waals surface area contributed by atoms with Crippen LogP contribution in [0.15, 0.2) is 42.9 Å². The van der Waals surface area contributed by atoms with Crippen LogP contribution < -0.4 is 0 Å². The molecule has 1 saturated carbocycles. The molecular formula is C26H26F2N8OS. The van der Waals surface area contributed by atoms with Gasteiger partial charge in [-0.3, -0.25) is 8.99 Å². The maximum atomic E-state index is 14.5. The van der Waals surface area contributed by atoms with E-state index in [1.54, 1.807) is 12.3 Å². The standard InChI is InChI=1S/C26H26F2N8OS/c1-25(2)16-7-10-26(25,23-15(16)13-19(33-34-23)22-17(27)5-4-6-18(22)28)20-8-11-30-24(32-20)36-14-31-21(35-36)9-12-38(3,29)37/h4-6,8,11,13-14,16,29H,7,9-10,12H2,1-3H3/t16-,26-,38?/m0/s1. The second-order valence-corrected chi connectivity index (χ2v) is 13.1. The molecule has 2 aliphatic rings. The van der Waals surface area contributed by atoms with Crippen molar-refractivity contribution in [3.05, 3.63) is 77.3 Å². The Morgan fingerprint density at radius 3 is 2.66 bits per heavy atom. The molecule has 6 rings (SSSR count). The zero-order valence-electron chi connectivity index (χ0n) is 21.2. The minimum atomic E-state index is -2.64. The van der Waals surface area contributed by atoms with E-state index in [0.717, 1.165) is 29.8 Å². The molecule has 0 spiro atoms. The van der Waals surface area contributed by atoms with Gasteiger partial charge in [-0.15, -0.1) is 10.2 Å². The number of nitrogens with one attached hydrogen (secondary N) is 1. The summed E-state index contributed by atoms with van der Waals surface area (Å²) in [4.78, 5) is 13.5. The Kier molecular flexibility index (Phi) is 5.46. The first-order chi connectivity index (χ1) is 18.0. The van der Waals surface area contributed by atoms with Gasteiger partial charge in [-0.1, -0.05) is 19.9 Å². The molecule has 3 atom stereocenters. The van der Waals surface area contributed by atoms with Crippen LogP contribution in [0.2, 0.25) is 0 Å². The molecule has 4 aromatic rings. The van der Waals surface area contributed by atoms with Gasteiger partial charge in [0.25, 0.3) is 5.95 Å². The second kappa shape index (κ2) is 8.42. The Hall–Kier alpha value is -3.67. The Labute approximate surface area is 218 Å². The van der Waals surface area contributed by atoms with E-state index in [1.165, 1.54) is 35.5 Å². The van der Waals surface area contributed by atoms with Crippen LogP contribution >= 0.6 is 0 Å². The zero-order chi connectivity index (χ0) is 26.9. The highest BCUT2D eigenvalue weighted by molar-refractivity contribution is 7.91. The normalized spacial score (nSPS) is 22.8. The average Bonchev–Trinajstić information content (AvgIpc) is 3.50. The van der Waals surface area contributed by atoms with Crippen molar-refractivity contribution in [2.75, 3.05) is 12.0 Å². The third kappa shape index (κ3) is 3.64. The van der Waals surface area contributed by atoms with Gasteiger partial charge in [0.2, 0.25) is 0 Å². The van der Waals surface area contributed by atoms with Crippen LogP contribution in [0.3, 0.4) is 0 Å². The maximum Gasteiger partial charge on any atom is 0.252 e. The molecule has 2 aliphatic carbocycles. The summed E-state index contributed by atoms with van der Waals surface area (Å²) in [7, 11) is -2.64. The van der Waals surface area contributed by atoms with E-state index in [4.69, 9.17) is 9.76 Å². The Morgan fingerprint density at radius 1 is 1.16 bits per heavy atom. The number of nitrogens with zero attached hydrogens (tertiary/aromatic N) is 7. The highest BCUT2D eigenvalue weighted by Gasteiger charge is 2.65. The first-order valence-corrected chi connectivity index (χ1v) is 14.4. The summed E-state index contributed by atoms with van der Waals surface area (Å²) in [5.74, 6) is -0.257. The molecule has 1 fully saturated rings. The predicted molar refractivity (Wildman–Crippen MR) is 136 cm³/mol. The molecule has 0 saturated heterocycles. The van der Waals surface area contributed by atoms with Crippen LogP contribution in [-0.4, -0.2) is 51.1 Å². The predicted octanol–water partition coefficient (Wildman–Crippen LogP) is 4.21. The van der Waals surface area contributed by atoms with Crippen LogP contribution in [0, 0.1) is 21.8 Å². The Morgan fingerprint density at radius 2 is 1.92 bits per heavy atom. The van der Waals surface area contributed by atoms with Gasteiger partial charge in [0, 0.05) is 34.4 Å². The number of benzene rings is 1. The quantitative estimate of drug-likeness (QED) is 0.391. The van der Waals surface area contributed by atoms with E-state index in [1.807, 2.05) is 6.07 Å². The number of hydrogen-bond acceptors (Lipinski definition) is 8. The van der Waals surface area contributed by atoms with Gasteiger partial charge in [-0.2, -0.15) is 9.78 Å². The maximum absolute atomic E-state index is 14.5. The van der Waals surface area contributed by atoms with E-state index < -0.39 is 26.8 Å². The summed E-state index contributed by atoms with van der Waals surface area (Å²) in [6.07, 6.45) is 6.57. The van der Waals surface area contributed by atoms with Gasteiger partial charge in [0.1, 0.15) is 18.0 Å². The molecule has 1 N–H and O–H groups in total. The molecular weight excluding hydrogens is 510 g/mol. The minimum Gasteiger partial charge on any atom is -0.253 e. The van der Waals surface area contributed by atoms with Crippen molar-refractivity contribution in [3.63, 3.8) is 0 Å². The fourth-order valence-corrected chi connectivity index (χ4v) is 6.82. The van der Waals surface area contributed by atoms with Gasteiger partial charge < -0.3 is 0 Å². The molecule has 0 radical (unpaired) electrons. The van der Waals surface area contributed by atoms with Gasteiger partial charge in [-0.25, -0.2) is 23.7 Å². The summed E-state index contributed by atoms with van der Waals surface area (Å²) in [5.41, 5.74) is 1.64. The third-order valence-corrected chi connectivity index (χ3v) is 9.12. The molecule has 1 unspecified atom stereocenters. The number of hydrogen-bond donors (Lipinski definition) is 1. The number of halogens is 2. The molecule has 38 heavy (non-hydrogen) atoms. The minimum absolute atomic E-state index is 0.117. The van der Waals surface area contributed by atoms with Gasteiger partial charge >= 0.3 is 0 Å². The first-order valence-electron chi connectivity index (χ1n) is 12.3. The molecule has 2 bridgehead atoms. The molecule has 3 aromatic heterocycles. The fourth-order valence-electron chi connectivity index (χ4n) is 6.25. The van der Waals surface area contributed by atoms with Gasteiger partial charge in [0.15, 0.2) is 5.82 Å². The van der Waals surface area contributed by atoms with E-state index in [9.17, 15) is 13.0 Å². The van der Waals surface area contributed by atoms with Crippen LogP contribution in [0.4, 0.5) is 8.78 Å². The van der Waals surface area contributed by atoms with E-state index in [0.29, 0.717) is 18.2 Å². The lowest BCUT2D eigenvalue weighted by atomic mass is 9.66. The topological polar surface area (TPSA) is 123 Å². The molecule has 3 heterocycles. The zero-order valence-corrected chi connectivity index (χ0v) is 22.0. The fraction of sp³-hybridized carbons (Fsp3) is 0.385. The largest absolute Gasteiger partial charge is 0.253 e. The lowest BCUT2D eigenvalue weighted by Crippen LogP contribution is -2.38. The highest BCUT2D eigenvalue weighted by atomic mass is 32.2. The van der Waals surface area contributed by atoms with Crippen molar-refractivity contribution in [3.8, 4) is 17.2 Å². The molecule has 196 valence electrons. The van der Waals surface area contributed by atoms with Crippen molar-refractivity contribution >= 4 is 9.73 Å². The van der Waals surface area contributed by atoms with E-state index in [2.05, 4.69) is 39.1 Å². The summed E-state index contributed by atoms with van der Waals surface area (Å²) in [6.45, 7) is 4.35. The lowest BCUT2D eigenvalue weighted by molar-refractivity contribution is 0.242. The van der Waals surface area contributed by atoms with Gasteiger partial charge in [-0.05, 0) is 54.0 Å². The van der Waals surface area contributed by atoms with Crippen molar-refractivity contribution in [2.24, 2.45) is 5.41 Å². The number of aryl methyl sites for hydroxylation is 1. The number of rotatable bonds is 6. The van der Waals surface area contributed by atoms with E-state index >= 15 is 0 Å². The van der Waals surface area contributed by atoms with Crippen LogP contribution in [0.25, 0.3) is 17.2 Å². The molecule has 9 nitrogen and oxygen atoms in total. The van der Waals surface area contributed by atoms with Crippen LogP contribution in [0.5, 0.6) is 0 Å². The lowest BCUT2D eigenvalue weighted by Gasteiger charge is -2.37. The summed E-state index contributed by atoms with van der Waals surface area (Å²) < 4.78 is 49.8. The summed E-state index contributed by atoms with van der Waals surface area (Å²) in [5, 5.41) is 13.3. The molecule has 12 heteroatoms. The van der Waals surface area contributed by atoms with Crippen LogP contribution in [0.1, 0.15) is 55.4 Å². The number of aromatic nitrogens is 7. The van der Waals surface area contributed by atoms with Crippen molar-refractivity contribution in [1.82, 2.24) is 34.9 Å². The number of fused-ring (bicyclic) bond motifs is 5. The molecule has 0 amide bonds. The Bertz CT molecular complexity index is 1670. The van der Waals surface area contributed by atoms with Crippen molar-refractivity contribution in [1.29, 1.82) is 4.78 Å². The summed E-state index contributed by atoms with van der Waals surface area (Å²) >= 11 is 0. The Balaban J connectivity index is 1.41. The highest BCUT2D eigenvalue weighted by Crippen LogP contribution is 2.69. The van der Waals surface area contributed by atoms with E-state index in [-0.39, 0.29) is 28.3 Å². The monoisotopic (exact) mass is 536 g/mol. The van der Waals surface area contributed by atoms with Crippen LogP contribution in [-0.2, 0) is 21.6 Å². The van der Waals surface area contributed by atoms with Crippen molar-refractivity contribution in [2.45, 2.75) is 44.4 Å². The SMILES string of the molecule is CC1(C)[C@H]2CC[C@]1(c1ccnc(-n3cnc(CCS(C)(=N)=O)n3)n1)c1nnc(-c3c(F)cccc3F)cc12. The average molecular weight is 537 g/mol. The molecule has 0 aliphatic heterocycles. The smallest absolute Gasteiger partial charge is 0.252 e. The second-order valence-electron chi connectivity index (χ2n) is 10.7. The third-order valence-electron chi connectivity index (χ3n) is 8.14. The van der Waals surface area contributed by atoms with Crippen molar-refractivity contribution < 1.29 is 13.0 Å². The van der Waals surface area contributed by atoms with Gasteiger partial charge in [0.05, 0.1) is 28.1 Å². The first kappa shape index (κ1) is 24.7. The molecule has 1 aromatic carbocycles.